The summed E-state index contributed by atoms with van der Waals surface area (Å²) in [6, 6.07) is 0.461. The second-order valence-electron chi connectivity index (χ2n) is 2.76. The highest BCUT2D eigenvalue weighted by molar-refractivity contribution is 4.96. The first kappa shape index (κ1) is 4.77. The molecule has 1 aliphatic carbocycles. The summed E-state index contributed by atoms with van der Waals surface area (Å²) in [6.45, 7) is 0.947. The van der Waals surface area contributed by atoms with Crippen LogP contribution in [0.15, 0.2) is 0 Å². The molecule has 46 valence electrons. The molecule has 2 N–H and O–H groups in total. The molecule has 0 bridgehead atoms. The molecule has 1 saturated heterocycles. The Morgan fingerprint density at radius 3 is 2.88 bits per heavy atom. The summed E-state index contributed by atoms with van der Waals surface area (Å²) in [5.74, 6) is 0.718. The lowest BCUT2D eigenvalue weighted by Gasteiger charge is -2.35. The van der Waals surface area contributed by atoms with Crippen molar-refractivity contribution in [2.45, 2.75) is 25.0 Å². The molecule has 1 heterocycles. The molecule has 0 spiro atoms. The average Bonchev–Trinajstić information content (AvgIpc) is 2.09. The number of rotatable bonds is 0. The van der Waals surface area contributed by atoms with Crippen LogP contribution < -0.4 is 5.73 Å². The third-order valence-corrected chi connectivity index (χ3v) is 2.32. The largest absolute Gasteiger partial charge is 0.378 e. The van der Waals surface area contributed by atoms with Gasteiger partial charge in [0.15, 0.2) is 0 Å². The van der Waals surface area contributed by atoms with E-state index in [0.29, 0.717) is 12.1 Å². The molecule has 0 aromatic rings. The smallest absolute Gasteiger partial charge is 0.0633 e. The van der Waals surface area contributed by atoms with E-state index < -0.39 is 0 Å². The quantitative estimate of drug-likeness (QED) is 0.484. The lowest BCUT2D eigenvalue weighted by atomic mass is 9.77. The lowest BCUT2D eigenvalue weighted by Crippen LogP contribution is -2.48. The van der Waals surface area contributed by atoms with Gasteiger partial charge in [-0.2, -0.15) is 0 Å². The van der Waals surface area contributed by atoms with Crippen molar-refractivity contribution in [2.75, 3.05) is 6.61 Å². The minimum absolute atomic E-state index is 0.461. The van der Waals surface area contributed by atoms with Gasteiger partial charge in [0, 0.05) is 18.6 Å². The van der Waals surface area contributed by atoms with Crippen LogP contribution in [0, 0.1) is 5.92 Å². The highest BCUT2D eigenvalue weighted by Crippen LogP contribution is 2.36. The molecule has 0 radical (unpaired) electrons. The van der Waals surface area contributed by atoms with Crippen LogP contribution in [0.2, 0.25) is 0 Å². The van der Waals surface area contributed by atoms with Crippen LogP contribution in [0.5, 0.6) is 0 Å². The number of hydrogen-bond acceptors (Lipinski definition) is 2. The molecule has 2 nitrogen and oxygen atoms in total. The van der Waals surface area contributed by atoms with Crippen LogP contribution >= 0.6 is 0 Å². The van der Waals surface area contributed by atoms with E-state index in [1.54, 1.807) is 0 Å². The second kappa shape index (κ2) is 1.45. The van der Waals surface area contributed by atoms with Crippen molar-refractivity contribution in [3.63, 3.8) is 0 Å². The van der Waals surface area contributed by atoms with Gasteiger partial charge in [0.2, 0.25) is 0 Å². The molecule has 3 atom stereocenters. The Kier molecular flexibility index (Phi) is 0.866. The fourth-order valence-electron chi connectivity index (χ4n) is 1.64. The fraction of sp³-hybridized carbons (Fsp3) is 1.00. The Morgan fingerprint density at radius 2 is 2.38 bits per heavy atom. The molecule has 8 heavy (non-hydrogen) atoms. The maximum absolute atomic E-state index is 5.68. The number of ether oxygens (including phenoxy) is 1. The van der Waals surface area contributed by atoms with E-state index in [2.05, 4.69) is 0 Å². The first-order valence-corrected chi connectivity index (χ1v) is 3.25. The van der Waals surface area contributed by atoms with Crippen LogP contribution in [-0.2, 0) is 4.74 Å². The summed E-state index contributed by atoms with van der Waals surface area (Å²) in [6.07, 6.45) is 2.85. The van der Waals surface area contributed by atoms with Gasteiger partial charge in [-0.25, -0.2) is 0 Å². The molecule has 0 unspecified atom stereocenters. The SMILES string of the molecule is N[C@@H]1C[C@H]2OCC[C@@H]12. The molecule has 2 aliphatic rings. The van der Waals surface area contributed by atoms with E-state index in [4.69, 9.17) is 10.5 Å². The molecule has 2 rings (SSSR count). The van der Waals surface area contributed by atoms with E-state index in [1.807, 2.05) is 0 Å². The summed E-state index contributed by atoms with van der Waals surface area (Å²) in [7, 11) is 0. The summed E-state index contributed by atoms with van der Waals surface area (Å²) < 4.78 is 5.34. The van der Waals surface area contributed by atoms with Crippen molar-refractivity contribution < 1.29 is 4.74 Å². The molecule has 1 aliphatic heterocycles. The van der Waals surface area contributed by atoms with Gasteiger partial charge in [-0.05, 0) is 12.8 Å². The summed E-state index contributed by atoms with van der Waals surface area (Å²) in [5.41, 5.74) is 5.68. The third kappa shape index (κ3) is 0.446. The number of hydrogen-bond donors (Lipinski definition) is 1. The van der Waals surface area contributed by atoms with E-state index in [0.717, 1.165) is 18.9 Å². The fourth-order valence-corrected chi connectivity index (χ4v) is 1.64. The third-order valence-electron chi connectivity index (χ3n) is 2.32. The van der Waals surface area contributed by atoms with E-state index in [-0.39, 0.29) is 0 Å². The van der Waals surface area contributed by atoms with E-state index in [1.165, 1.54) is 6.42 Å². The summed E-state index contributed by atoms with van der Waals surface area (Å²) >= 11 is 0. The average molecular weight is 113 g/mol. The summed E-state index contributed by atoms with van der Waals surface area (Å²) in [4.78, 5) is 0. The van der Waals surface area contributed by atoms with Gasteiger partial charge in [-0.15, -0.1) is 0 Å². The van der Waals surface area contributed by atoms with Gasteiger partial charge in [-0.1, -0.05) is 0 Å². The molecule has 0 aromatic heterocycles. The predicted octanol–water partition coefficient (Wildman–Crippen LogP) is 0.122. The van der Waals surface area contributed by atoms with Gasteiger partial charge < -0.3 is 10.5 Å². The lowest BCUT2D eigenvalue weighted by molar-refractivity contribution is 0.0191. The Hall–Kier alpha value is -0.0800. The van der Waals surface area contributed by atoms with Crippen LogP contribution in [0.4, 0.5) is 0 Å². The van der Waals surface area contributed by atoms with Gasteiger partial charge in [0.1, 0.15) is 0 Å². The molecule has 2 fully saturated rings. The van der Waals surface area contributed by atoms with E-state index in [9.17, 15) is 0 Å². The normalized spacial score (nSPS) is 52.9. The van der Waals surface area contributed by atoms with Crippen LogP contribution in [-0.4, -0.2) is 18.8 Å². The van der Waals surface area contributed by atoms with Crippen LogP contribution in [0.25, 0.3) is 0 Å². The van der Waals surface area contributed by atoms with Gasteiger partial charge >= 0.3 is 0 Å². The highest BCUT2D eigenvalue weighted by Gasteiger charge is 2.42. The molecule has 2 heteroatoms. The molecule has 0 amide bonds. The zero-order valence-corrected chi connectivity index (χ0v) is 4.84. The van der Waals surface area contributed by atoms with E-state index >= 15 is 0 Å². The zero-order valence-electron chi connectivity index (χ0n) is 4.84. The Balaban J connectivity index is 2.02. The zero-order chi connectivity index (χ0) is 5.56. The van der Waals surface area contributed by atoms with Crippen molar-refractivity contribution in [1.82, 2.24) is 0 Å². The monoisotopic (exact) mass is 113 g/mol. The Labute approximate surface area is 49.0 Å². The molecular formula is C6H11NO. The molecule has 1 saturated carbocycles. The minimum Gasteiger partial charge on any atom is -0.378 e. The van der Waals surface area contributed by atoms with Crippen molar-refractivity contribution in [2.24, 2.45) is 11.7 Å². The molecule has 0 aromatic carbocycles. The topological polar surface area (TPSA) is 35.2 Å². The minimum atomic E-state index is 0.461. The second-order valence-corrected chi connectivity index (χ2v) is 2.76. The molecular weight excluding hydrogens is 102 g/mol. The van der Waals surface area contributed by atoms with Gasteiger partial charge in [0.25, 0.3) is 0 Å². The predicted molar refractivity (Wildman–Crippen MR) is 30.4 cm³/mol. The summed E-state index contributed by atoms with van der Waals surface area (Å²) in [5, 5.41) is 0. The Bertz CT molecular complexity index is 105. The van der Waals surface area contributed by atoms with Crippen molar-refractivity contribution in [1.29, 1.82) is 0 Å². The first-order chi connectivity index (χ1) is 3.88. The van der Waals surface area contributed by atoms with Crippen molar-refractivity contribution in [3.05, 3.63) is 0 Å². The highest BCUT2D eigenvalue weighted by atomic mass is 16.5. The van der Waals surface area contributed by atoms with Crippen LogP contribution in [0.3, 0.4) is 0 Å². The first-order valence-electron chi connectivity index (χ1n) is 3.25. The standard InChI is InChI=1S/C6H11NO/c7-5-3-6-4(5)1-2-8-6/h4-6H,1-3,7H2/t4-,5+,6+/m0/s1. The number of fused-ring (bicyclic) bond motifs is 1. The Morgan fingerprint density at radius 1 is 1.50 bits per heavy atom. The van der Waals surface area contributed by atoms with Crippen molar-refractivity contribution >= 4 is 0 Å². The van der Waals surface area contributed by atoms with Crippen LogP contribution in [0.1, 0.15) is 12.8 Å². The maximum atomic E-state index is 5.68. The van der Waals surface area contributed by atoms with Gasteiger partial charge in [0.05, 0.1) is 6.10 Å². The van der Waals surface area contributed by atoms with Gasteiger partial charge in [-0.3, -0.25) is 0 Å². The van der Waals surface area contributed by atoms with Crippen molar-refractivity contribution in [3.8, 4) is 0 Å². The maximum Gasteiger partial charge on any atom is 0.0633 e. The number of nitrogens with two attached hydrogens (primary N) is 1.